The molecule has 1 atom stereocenters. The van der Waals surface area contributed by atoms with Crippen molar-refractivity contribution in [3.63, 3.8) is 0 Å². The van der Waals surface area contributed by atoms with Crippen LogP contribution in [0.2, 0.25) is 5.02 Å². The van der Waals surface area contributed by atoms with Crippen LogP contribution in [0.3, 0.4) is 0 Å². The molecule has 0 aromatic heterocycles. The molecule has 9 heteroatoms. The van der Waals surface area contributed by atoms with Crippen molar-refractivity contribution in [1.82, 2.24) is 5.32 Å². The Labute approximate surface area is 141 Å². The van der Waals surface area contributed by atoms with Crippen molar-refractivity contribution in [2.75, 3.05) is 7.11 Å². The lowest BCUT2D eigenvalue weighted by molar-refractivity contribution is -0.138. The number of nitrogens with zero attached hydrogens (tertiary/aromatic N) is 2. The fourth-order valence-electron chi connectivity index (χ4n) is 1.84. The van der Waals surface area contributed by atoms with Gasteiger partial charge in [-0.2, -0.15) is 5.10 Å². The molecule has 1 aliphatic heterocycles. The van der Waals surface area contributed by atoms with Gasteiger partial charge in [0.25, 0.3) is 0 Å². The first-order valence-electron chi connectivity index (χ1n) is 6.55. The van der Waals surface area contributed by atoms with E-state index in [-0.39, 0.29) is 17.5 Å². The van der Waals surface area contributed by atoms with Crippen molar-refractivity contribution < 1.29 is 19.4 Å². The van der Waals surface area contributed by atoms with E-state index in [1.54, 1.807) is 12.1 Å². The molecule has 23 heavy (non-hydrogen) atoms. The summed E-state index contributed by atoms with van der Waals surface area (Å²) in [7, 11) is 1.54. The number of thioether (sulfide) groups is 1. The second-order valence-corrected chi connectivity index (χ2v) is 6.29. The van der Waals surface area contributed by atoms with Crippen molar-refractivity contribution in [3.05, 3.63) is 28.3 Å². The molecule has 1 amide bonds. The van der Waals surface area contributed by atoms with Gasteiger partial charge in [0.2, 0.25) is 5.91 Å². The van der Waals surface area contributed by atoms with Gasteiger partial charge in [-0.15, -0.1) is 5.10 Å². The molecule has 0 radical (unpaired) electrons. The lowest BCUT2D eigenvalue weighted by Crippen LogP contribution is -2.26. The van der Waals surface area contributed by atoms with Crippen molar-refractivity contribution in [3.8, 4) is 5.75 Å². The summed E-state index contributed by atoms with van der Waals surface area (Å²) < 4.78 is 5.24. The average molecular weight is 356 g/mol. The fourth-order valence-corrected chi connectivity index (χ4v) is 2.92. The zero-order valence-corrected chi connectivity index (χ0v) is 13.9. The molecule has 1 aromatic rings. The van der Waals surface area contributed by atoms with Crippen molar-refractivity contribution >= 4 is 46.6 Å². The van der Waals surface area contributed by atoms with Crippen LogP contribution >= 0.6 is 23.4 Å². The number of ether oxygens (including phenoxy) is 1. The third-order valence-corrected chi connectivity index (χ3v) is 4.47. The summed E-state index contributed by atoms with van der Waals surface area (Å²) in [5.41, 5.74) is 1.52. The highest BCUT2D eigenvalue weighted by atomic mass is 35.5. The predicted octanol–water partition coefficient (Wildman–Crippen LogP) is 2.05. The molecule has 1 heterocycles. The van der Waals surface area contributed by atoms with Gasteiger partial charge in [-0.3, -0.25) is 9.59 Å². The van der Waals surface area contributed by atoms with Gasteiger partial charge in [0.05, 0.1) is 19.7 Å². The number of aliphatic carboxylic acids is 1. The van der Waals surface area contributed by atoms with Crippen LogP contribution in [-0.4, -0.2) is 40.7 Å². The minimum atomic E-state index is -1.04. The van der Waals surface area contributed by atoms with E-state index < -0.39 is 11.2 Å². The molecule has 0 bridgehead atoms. The number of carboxylic acid groups (broad SMARTS) is 1. The van der Waals surface area contributed by atoms with Crippen molar-refractivity contribution in [2.45, 2.75) is 18.6 Å². The Morgan fingerprint density at radius 3 is 2.96 bits per heavy atom. The molecule has 0 saturated carbocycles. The van der Waals surface area contributed by atoms with Gasteiger partial charge in [-0.25, -0.2) is 0 Å². The molecule has 0 spiro atoms. The molecule has 0 aliphatic carbocycles. The number of amides is 1. The number of amidine groups is 1. The maximum absolute atomic E-state index is 11.6. The van der Waals surface area contributed by atoms with Crippen LogP contribution in [0, 0.1) is 6.92 Å². The maximum Gasteiger partial charge on any atom is 0.305 e. The van der Waals surface area contributed by atoms with E-state index in [0.717, 1.165) is 17.3 Å². The SMILES string of the molecule is COc1cc(C)c(Cl)cc1C=NN=C1NC(=O)C(CC(=O)O)S1. The van der Waals surface area contributed by atoms with Crippen LogP contribution in [-0.2, 0) is 9.59 Å². The molecular weight excluding hydrogens is 342 g/mol. The van der Waals surface area contributed by atoms with E-state index in [1.165, 1.54) is 13.3 Å². The number of rotatable bonds is 5. The zero-order valence-electron chi connectivity index (χ0n) is 12.4. The van der Waals surface area contributed by atoms with Crippen LogP contribution in [0.25, 0.3) is 0 Å². The van der Waals surface area contributed by atoms with Crippen molar-refractivity contribution in [1.29, 1.82) is 0 Å². The lowest BCUT2D eigenvalue weighted by Gasteiger charge is -2.06. The Kier molecular flexibility index (Phi) is 5.62. The van der Waals surface area contributed by atoms with Crippen molar-refractivity contribution in [2.24, 2.45) is 10.2 Å². The van der Waals surface area contributed by atoms with Gasteiger partial charge in [0, 0.05) is 10.6 Å². The number of nitrogens with one attached hydrogen (secondary N) is 1. The summed E-state index contributed by atoms with van der Waals surface area (Å²) in [6.07, 6.45) is 1.19. The Morgan fingerprint density at radius 1 is 1.57 bits per heavy atom. The lowest BCUT2D eigenvalue weighted by atomic mass is 10.1. The van der Waals surface area contributed by atoms with E-state index in [9.17, 15) is 9.59 Å². The predicted molar refractivity (Wildman–Crippen MR) is 89.5 cm³/mol. The van der Waals surface area contributed by atoms with Gasteiger partial charge >= 0.3 is 5.97 Å². The normalized spacial score (nSPS) is 19.3. The molecule has 2 N–H and O–H groups in total. The first-order chi connectivity index (χ1) is 10.9. The summed E-state index contributed by atoms with van der Waals surface area (Å²) in [6, 6.07) is 3.48. The number of methoxy groups -OCH3 is 1. The number of aryl methyl sites for hydroxylation is 1. The Morgan fingerprint density at radius 2 is 2.30 bits per heavy atom. The number of halogens is 1. The second-order valence-electron chi connectivity index (χ2n) is 4.69. The molecule has 1 aliphatic rings. The van der Waals surface area contributed by atoms with Gasteiger partial charge in [-0.1, -0.05) is 23.4 Å². The highest BCUT2D eigenvalue weighted by Gasteiger charge is 2.32. The third kappa shape index (κ3) is 4.46. The van der Waals surface area contributed by atoms with Crippen LogP contribution in [0.5, 0.6) is 5.75 Å². The Balaban J connectivity index is 2.11. The van der Waals surface area contributed by atoms with Crippen LogP contribution < -0.4 is 10.1 Å². The second kappa shape index (κ2) is 7.47. The minimum absolute atomic E-state index is 0.259. The number of carboxylic acids is 1. The maximum atomic E-state index is 11.6. The van der Waals surface area contributed by atoms with Gasteiger partial charge in [0.1, 0.15) is 11.0 Å². The first kappa shape index (κ1) is 17.3. The van der Waals surface area contributed by atoms with E-state index in [2.05, 4.69) is 15.5 Å². The monoisotopic (exact) mass is 355 g/mol. The first-order valence-corrected chi connectivity index (χ1v) is 7.81. The largest absolute Gasteiger partial charge is 0.496 e. The van der Waals surface area contributed by atoms with Gasteiger partial charge < -0.3 is 15.2 Å². The minimum Gasteiger partial charge on any atom is -0.496 e. The molecule has 122 valence electrons. The van der Waals surface area contributed by atoms with Crippen LogP contribution in [0.1, 0.15) is 17.5 Å². The van der Waals surface area contributed by atoms with Gasteiger partial charge in [0.15, 0.2) is 5.17 Å². The van der Waals surface area contributed by atoms with E-state index in [4.69, 9.17) is 21.4 Å². The quantitative estimate of drug-likeness (QED) is 0.622. The summed E-state index contributed by atoms with van der Waals surface area (Å²) in [4.78, 5) is 22.2. The highest BCUT2D eigenvalue weighted by molar-refractivity contribution is 8.15. The molecule has 7 nitrogen and oxygen atoms in total. The average Bonchev–Trinajstić information content (AvgIpc) is 2.82. The third-order valence-electron chi connectivity index (χ3n) is 2.99. The molecule has 2 rings (SSSR count). The number of benzene rings is 1. The van der Waals surface area contributed by atoms with E-state index >= 15 is 0 Å². The summed E-state index contributed by atoms with van der Waals surface area (Å²) in [5, 5.41) is 19.1. The molecule has 1 unspecified atom stereocenters. The smallest absolute Gasteiger partial charge is 0.305 e. The highest BCUT2D eigenvalue weighted by Crippen LogP contribution is 2.25. The molecule has 1 saturated heterocycles. The molecule has 1 fully saturated rings. The standard InChI is InChI=1S/C14H14ClN3O4S/c1-7-3-10(22-2)8(4-9(7)15)6-16-18-14-17-13(21)11(23-14)5-12(19)20/h3-4,6,11H,5H2,1-2H3,(H,19,20)(H,17,18,21). The number of carbonyl (C=O) groups is 2. The summed E-state index contributed by atoms with van der Waals surface area (Å²) in [5.74, 6) is -0.827. The number of carbonyl (C=O) groups excluding carboxylic acids is 1. The van der Waals surface area contributed by atoms with Crippen LogP contribution in [0.4, 0.5) is 0 Å². The topological polar surface area (TPSA) is 100 Å². The number of hydrogen-bond donors (Lipinski definition) is 2. The molecule has 1 aromatic carbocycles. The Bertz CT molecular complexity index is 706. The fraction of sp³-hybridized carbons (Fsp3) is 0.286. The van der Waals surface area contributed by atoms with Crippen LogP contribution in [0.15, 0.2) is 22.3 Å². The van der Waals surface area contributed by atoms with Gasteiger partial charge in [-0.05, 0) is 24.6 Å². The van der Waals surface area contributed by atoms with E-state index in [1.807, 2.05) is 6.92 Å². The summed E-state index contributed by atoms with van der Waals surface area (Å²) in [6.45, 7) is 1.86. The summed E-state index contributed by atoms with van der Waals surface area (Å²) >= 11 is 7.10. The zero-order chi connectivity index (χ0) is 17.0. The molecular formula is C14H14ClN3O4S. The van der Waals surface area contributed by atoms with E-state index in [0.29, 0.717) is 16.3 Å². The number of hydrogen-bond acceptors (Lipinski definition) is 6. The Hall–Kier alpha value is -2.06.